The van der Waals surface area contributed by atoms with Crippen LogP contribution in [0.15, 0.2) is 22.8 Å². The molecule has 0 aromatic carbocycles. The molecular formula is C19H31NO. The van der Waals surface area contributed by atoms with Gasteiger partial charge in [0.1, 0.15) is 5.76 Å². The number of furan rings is 1. The Morgan fingerprint density at radius 3 is 2.67 bits per heavy atom. The molecule has 1 aromatic heterocycles. The second-order valence-corrected chi connectivity index (χ2v) is 7.50. The fraction of sp³-hybridized carbons (Fsp3) is 0.789. The summed E-state index contributed by atoms with van der Waals surface area (Å²) in [5.41, 5.74) is 0.448. The van der Waals surface area contributed by atoms with Gasteiger partial charge in [0.15, 0.2) is 0 Å². The summed E-state index contributed by atoms with van der Waals surface area (Å²) in [7, 11) is 0. The van der Waals surface area contributed by atoms with Crippen molar-refractivity contribution in [2.24, 2.45) is 11.3 Å². The molecule has 2 aliphatic carbocycles. The maximum atomic E-state index is 5.65. The van der Waals surface area contributed by atoms with Crippen LogP contribution in [-0.2, 0) is 6.42 Å². The van der Waals surface area contributed by atoms with Gasteiger partial charge >= 0.3 is 0 Å². The van der Waals surface area contributed by atoms with Gasteiger partial charge in [0, 0.05) is 19.0 Å². The van der Waals surface area contributed by atoms with Gasteiger partial charge in [0.2, 0.25) is 0 Å². The van der Waals surface area contributed by atoms with E-state index in [1.807, 2.05) is 12.3 Å². The third-order valence-electron chi connectivity index (χ3n) is 5.60. The van der Waals surface area contributed by atoms with Crippen molar-refractivity contribution in [3.05, 3.63) is 24.2 Å². The minimum absolute atomic E-state index is 0.448. The molecule has 0 saturated heterocycles. The molecule has 3 rings (SSSR count). The molecule has 2 saturated carbocycles. The molecule has 21 heavy (non-hydrogen) atoms. The lowest BCUT2D eigenvalue weighted by molar-refractivity contribution is 0.130. The fourth-order valence-corrected chi connectivity index (χ4v) is 3.92. The van der Waals surface area contributed by atoms with E-state index in [4.69, 9.17) is 4.42 Å². The van der Waals surface area contributed by atoms with E-state index in [0.29, 0.717) is 5.41 Å². The van der Waals surface area contributed by atoms with Crippen molar-refractivity contribution in [2.45, 2.75) is 77.2 Å². The summed E-state index contributed by atoms with van der Waals surface area (Å²) in [5.74, 6) is 2.16. The number of nitrogens with one attached hydrogen (secondary N) is 1. The van der Waals surface area contributed by atoms with Crippen molar-refractivity contribution in [1.82, 2.24) is 5.32 Å². The Kier molecular flexibility index (Phi) is 5.05. The molecule has 0 atom stereocenters. The lowest BCUT2D eigenvalue weighted by atomic mass is 9.67. The van der Waals surface area contributed by atoms with E-state index < -0.39 is 0 Å². The minimum Gasteiger partial charge on any atom is -0.469 e. The van der Waals surface area contributed by atoms with E-state index in [9.17, 15) is 0 Å². The third kappa shape index (κ3) is 4.35. The fourth-order valence-electron chi connectivity index (χ4n) is 3.92. The van der Waals surface area contributed by atoms with Crippen molar-refractivity contribution >= 4 is 0 Å². The van der Waals surface area contributed by atoms with Gasteiger partial charge < -0.3 is 9.73 Å². The SMILES string of the molecule is CCCCC1CCC(CNC2CC2)(Cc2ccco2)CC1. The summed E-state index contributed by atoms with van der Waals surface area (Å²) in [6.45, 7) is 3.50. The topological polar surface area (TPSA) is 25.2 Å². The zero-order chi connectivity index (χ0) is 14.5. The van der Waals surface area contributed by atoms with Gasteiger partial charge in [0.25, 0.3) is 0 Å². The highest BCUT2D eigenvalue weighted by atomic mass is 16.3. The third-order valence-corrected chi connectivity index (χ3v) is 5.60. The predicted molar refractivity (Wildman–Crippen MR) is 87.4 cm³/mol. The van der Waals surface area contributed by atoms with Crippen LogP contribution in [0.2, 0.25) is 0 Å². The highest BCUT2D eigenvalue weighted by Gasteiger charge is 2.37. The Balaban J connectivity index is 1.57. The molecular weight excluding hydrogens is 258 g/mol. The number of hydrogen-bond donors (Lipinski definition) is 1. The van der Waals surface area contributed by atoms with Crippen molar-refractivity contribution < 1.29 is 4.42 Å². The normalized spacial score (nSPS) is 29.7. The molecule has 1 N–H and O–H groups in total. The summed E-state index contributed by atoms with van der Waals surface area (Å²) in [6.07, 6.45) is 15.5. The molecule has 0 bridgehead atoms. The number of hydrogen-bond acceptors (Lipinski definition) is 2. The number of unbranched alkanes of at least 4 members (excludes halogenated alkanes) is 1. The van der Waals surface area contributed by atoms with Crippen LogP contribution >= 0.6 is 0 Å². The average molecular weight is 289 g/mol. The van der Waals surface area contributed by atoms with E-state index in [1.165, 1.54) is 70.1 Å². The molecule has 2 aliphatic rings. The van der Waals surface area contributed by atoms with Crippen molar-refractivity contribution in [3.63, 3.8) is 0 Å². The quantitative estimate of drug-likeness (QED) is 0.733. The Morgan fingerprint density at radius 2 is 2.05 bits per heavy atom. The summed E-state index contributed by atoms with van der Waals surface area (Å²) in [5, 5.41) is 3.80. The molecule has 2 fully saturated rings. The van der Waals surface area contributed by atoms with Crippen LogP contribution in [0.25, 0.3) is 0 Å². The predicted octanol–water partition coefficient (Wildman–Crippen LogP) is 4.94. The summed E-state index contributed by atoms with van der Waals surface area (Å²) in [6, 6.07) is 5.00. The summed E-state index contributed by atoms with van der Waals surface area (Å²) < 4.78 is 5.65. The first kappa shape index (κ1) is 15.1. The first-order chi connectivity index (χ1) is 10.3. The standard InChI is InChI=1S/C19H31NO/c1-2-3-5-16-9-11-19(12-10-16,15-20-17-7-8-17)14-18-6-4-13-21-18/h4,6,13,16-17,20H,2-3,5,7-12,14-15H2,1H3. The molecule has 2 heteroatoms. The van der Waals surface area contributed by atoms with Gasteiger partial charge in [-0.3, -0.25) is 0 Å². The molecule has 2 nitrogen and oxygen atoms in total. The Bertz CT molecular complexity index is 399. The van der Waals surface area contributed by atoms with E-state index in [2.05, 4.69) is 18.3 Å². The smallest absolute Gasteiger partial charge is 0.104 e. The monoisotopic (exact) mass is 289 g/mol. The van der Waals surface area contributed by atoms with Crippen LogP contribution in [0, 0.1) is 11.3 Å². The zero-order valence-electron chi connectivity index (χ0n) is 13.6. The molecule has 0 aliphatic heterocycles. The van der Waals surface area contributed by atoms with Crippen LogP contribution in [-0.4, -0.2) is 12.6 Å². The molecule has 0 unspecified atom stereocenters. The van der Waals surface area contributed by atoms with E-state index in [0.717, 1.165) is 18.4 Å². The Morgan fingerprint density at radius 1 is 1.24 bits per heavy atom. The van der Waals surface area contributed by atoms with Crippen LogP contribution in [0.1, 0.15) is 70.5 Å². The molecule has 1 aromatic rings. The average Bonchev–Trinajstić information content (AvgIpc) is 3.21. The molecule has 118 valence electrons. The second kappa shape index (κ2) is 7.00. The lowest BCUT2D eigenvalue weighted by Crippen LogP contribution is -2.40. The van der Waals surface area contributed by atoms with Gasteiger partial charge in [-0.2, -0.15) is 0 Å². The lowest BCUT2D eigenvalue weighted by Gasteiger charge is -2.40. The van der Waals surface area contributed by atoms with Crippen LogP contribution in [0.3, 0.4) is 0 Å². The first-order valence-electron chi connectivity index (χ1n) is 9.05. The van der Waals surface area contributed by atoms with Gasteiger partial charge in [-0.1, -0.05) is 26.2 Å². The van der Waals surface area contributed by atoms with Gasteiger partial charge in [0.05, 0.1) is 6.26 Å². The van der Waals surface area contributed by atoms with Crippen LogP contribution < -0.4 is 5.32 Å². The van der Waals surface area contributed by atoms with Crippen molar-refractivity contribution in [2.75, 3.05) is 6.54 Å². The first-order valence-corrected chi connectivity index (χ1v) is 9.05. The minimum atomic E-state index is 0.448. The van der Waals surface area contributed by atoms with E-state index in [1.54, 1.807) is 0 Å². The second-order valence-electron chi connectivity index (χ2n) is 7.50. The van der Waals surface area contributed by atoms with Gasteiger partial charge in [-0.15, -0.1) is 0 Å². The van der Waals surface area contributed by atoms with Crippen LogP contribution in [0.4, 0.5) is 0 Å². The van der Waals surface area contributed by atoms with Crippen molar-refractivity contribution in [1.29, 1.82) is 0 Å². The summed E-state index contributed by atoms with van der Waals surface area (Å²) in [4.78, 5) is 0. The largest absolute Gasteiger partial charge is 0.469 e. The van der Waals surface area contributed by atoms with Gasteiger partial charge in [-0.05, 0) is 62.0 Å². The molecule has 0 radical (unpaired) electrons. The number of rotatable bonds is 8. The maximum Gasteiger partial charge on any atom is 0.104 e. The Labute approximate surface area is 129 Å². The van der Waals surface area contributed by atoms with Crippen LogP contribution in [0.5, 0.6) is 0 Å². The molecule has 0 amide bonds. The van der Waals surface area contributed by atoms with Crippen molar-refractivity contribution in [3.8, 4) is 0 Å². The Hall–Kier alpha value is -0.760. The van der Waals surface area contributed by atoms with E-state index >= 15 is 0 Å². The summed E-state index contributed by atoms with van der Waals surface area (Å²) >= 11 is 0. The zero-order valence-corrected chi connectivity index (χ0v) is 13.6. The van der Waals surface area contributed by atoms with Gasteiger partial charge in [-0.25, -0.2) is 0 Å². The highest BCUT2D eigenvalue weighted by Crippen LogP contribution is 2.43. The molecule has 1 heterocycles. The highest BCUT2D eigenvalue weighted by molar-refractivity contribution is 5.04. The molecule has 0 spiro atoms. The van der Waals surface area contributed by atoms with E-state index in [-0.39, 0.29) is 0 Å². The maximum absolute atomic E-state index is 5.65.